The minimum absolute atomic E-state index is 0.0591. The van der Waals surface area contributed by atoms with E-state index in [0.717, 1.165) is 18.4 Å². The van der Waals surface area contributed by atoms with Gasteiger partial charge >= 0.3 is 6.16 Å². The van der Waals surface area contributed by atoms with E-state index in [4.69, 9.17) is 14.2 Å². The maximum absolute atomic E-state index is 13.2. The molecule has 0 radical (unpaired) electrons. The molecule has 0 saturated carbocycles. The van der Waals surface area contributed by atoms with Crippen molar-refractivity contribution >= 4 is 12.1 Å². The summed E-state index contributed by atoms with van der Waals surface area (Å²) < 4.78 is 21.4. The smallest absolute Gasteiger partial charge is 0.497 e. The van der Waals surface area contributed by atoms with E-state index in [-0.39, 0.29) is 23.4 Å². The number of methoxy groups -OCH3 is 2. The minimum atomic E-state index is -0.959. The Bertz CT molecular complexity index is 1020. The molecule has 0 saturated heterocycles. The van der Waals surface area contributed by atoms with Crippen molar-refractivity contribution in [3.63, 3.8) is 0 Å². The molecule has 0 bridgehead atoms. The zero-order chi connectivity index (χ0) is 22.5. The van der Waals surface area contributed by atoms with Gasteiger partial charge < -0.3 is 23.8 Å². The highest BCUT2D eigenvalue weighted by Crippen LogP contribution is 2.24. The number of ether oxygens (including phenoxy) is 4. The first-order valence-electron chi connectivity index (χ1n) is 9.64. The fraction of sp³-hybridized carbons (Fsp3) is 0.381. The first-order chi connectivity index (χ1) is 14.8. The third-order valence-electron chi connectivity index (χ3n) is 4.79. The van der Waals surface area contributed by atoms with Crippen LogP contribution in [-0.2, 0) is 16.0 Å². The third-order valence-corrected chi connectivity index (χ3v) is 4.79. The molecule has 0 fully saturated rings. The zero-order valence-corrected chi connectivity index (χ0v) is 17.9. The van der Waals surface area contributed by atoms with Crippen LogP contribution < -0.4 is 19.9 Å². The van der Waals surface area contributed by atoms with Crippen LogP contribution in [0, 0.1) is 0 Å². The van der Waals surface area contributed by atoms with Crippen molar-refractivity contribution in [2.45, 2.75) is 26.4 Å². The Morgan fingerprint density at radius 2 is 1.94 bits per heavy atom. The summed E-state index contributed by atoms with van der Waals surface area (Å²) in [5.74, 6) is 0.162. The molecular formula is C21H25N3O7. The molecule has 0 unspecified atom stereocenters. The minimum Gasteiger partial charge on any atom is -0.497 e. The van der Waals surface area contributed by atoms with Crippen LogP contribution in [0.5, 0.6) is 11.5 Å². The SMILES string of the molecule is COC(=O)OCOc1c2n(ccc1=O)N(Cc1cccc(OC)c1)CN(C(C)C)C2=O. The summed E-state index contributed by atoms with van der Waals surface area (Å²) in [6.45, 7) is 3.96. The van der Waals surface area contributed by atoms with Crippen LogP contribution in [-0.4, -0.2) is 55.4 Å². The van der Waals surface area contributed by atoms with Crippen molar-refractivity contribution in [3.05, 3.63) is 58.0 Å². The first-order valence-corrected chi connectivity index (χ1v) is 9.64. The Balaban J connectivity index is 1.99. The van der Waals surface area contributed by atoms with Gasteiger partial charge in [-0.3, -0.25) is 19.3 Å². The van der Waals surface area contributed by atoms with Gasteiger partial charge in [-0.2, -0.15) is 0 Å². The summed E-state index contributed by atoms with van der Waals surface area (Å²) >= 11 is 0. The first kappa shape index (κ1) is 22.0. The molecule has 10 nitrogen and oxygen atoms in total. The predicted octanol–water partition coefficient (Wildman–Crippen LogP) is 1.94. The molecule has 0 spiro atoms. The van der Waals surface area contributed by atoms with Gasteiger partial charge in [0.1, 0.15) is 12.4 Å². The van der Waals surface area contributed by atoms with Crippen LogP contribution >= 0.6 is 0 Å². The number of amides is 1. The normalized spacial score (nSPS) is 13.1. The fourth-order valence-corrected chi connectivity index (χ4v) is 3.22. The molecule has 1 aliphatic heterocycles. The molecule has 166 valence electrons. The third kappa shape index (κ3) is 4.73. The lowest BCUT2D eigenvalue weighted by molar-refractivity contribution is 0.0133. The zero-order valence-electron chi connectivity index (χ0n) is 17.9. The van der Waals surface area contributed by atoms with E-state index in [0.29, 0.717) is 13.2 Å². The van der Waals surface area contributed by atoms with Crippen molar-refractivity contribution < 1.29 is 28.5 Å². The van der Waals surface area contributed by atoms with Gasteiger partial charge in [-0.15, -0.1) is 0 Å². The van der Waals surface area contributed by atoms with Crippen molar-refractivity contribution in [2.24, 2.45) is 0 Å². The van der Waals surface area contributed by atoms with Gasteiger partial charge in [0.2, 0.25) is 18.0 Å². The molecule has 1 aromatic heterocycles. The largest absolute Gasteiger partial charge is 0.510 e. The summed E-state index contributed by atoms with van der Waals surface area (Å²) in [5.41, 5.74) is 0.516. The fourth-order valence-electron chi connectivity index (χ4n) is 3.22. The van der Waals surface area contributed by atoms with E-state index < -0.39 is 18.4 Å². The van der Waals surface area contributed by atoms with Gasteiger partial charge in [0.25, 0.3) is 5.91 Å². The summed E-state index contributed by atoms with van der Waals surface area (Å²) in [5, 5.41) is 1.90. The molecule has 2 heterocycles. The van der Waals surface area contributed by atoms with E-state index in [2.05, 4.69) is 4.74 Å². The summed E-state index contributed by atoms with van der Waals surface area (Å²) in [7, 11) is 2.75. The van der Waals surface area contributed by atoms with Crippen LogP contribution in [0.1, 0.15) is 29.9 Å². The van der Waals surface area contributed by atoms with E-state index in [1.807, 2.05) is 43.1 Å². The average Bonchev–Trinajstić information content (AvgIpc) is 2.76. The maximum Gasteiger partial charge on any atom is 0.510 e. The molecular weight excluding hydrogens is 406 g/mol. The summed E-state index contributed by atoms with van der Waals surface area (Å²) in [6, 6.07) is 8.76. The second kappa shape index (κ2) is 9.41. The Kier molecular flexibility index (Phi) is 6.68. The molecule has 0 N–H and O–H groups in total. The molecule has 0 aliphatic carbocycles. The van der Waals surface area contributed by atoms with Crippen LogP contribution in [0.25, 0.3) is 0 Å². The molecule has 31 heavy (non-hydrogen) atoms. The van der Waals surface area contributed by atoms with Gasteiger partial charge in [0.15, 0.2) is 5.69 Å². The van der Waals surface area contributed by atoms with Gasteiger partial charge in [0.05, 0.1) is 20.8 Å². The van der Waals surface area contributed by atoms with E-state index in [9.17, 15) is 14.4 Å². The molecule has 2 aromatic rings. The van der Waals surface area contributed by atoms with Crippen LogP contribution in [0.3, 0.4) is 0 Å². The highest BCUT2D eigenvalue weighted by molar-refractivity contribution is 5.96. The number of pyridine rings is 1. The van der Waals surface area contributed by atoms with Crippen molar-refractivity contribution in [1.82, 2.24) is 9.58 Å². The summed E-state index contributed by atoms with van der Waals surface area (Å²) in [6.07, 6.45) is 0.571. The molecule has 0 atom stereocenters. The second-order valence-electron chi connectivity index (χ2n) is 7.09. The number of fused-ring (bicyclic) bond motifs is 1. The second-order valence-corrected chi connectivity index (χ2v) is 7.09. The number of benzene rings is 1. The quantitative estimate of drug-likeness (QED) is 0.484. The van der Waals surface area contributed by atoms with Gasteiger partial charge in [-0.25, -0.2) is 4.79 Å². The lowest BCUT2D eigenvalue weighted by Crippen LogP contribution is -2.55. The lowest BCUT2D eigenvalue weighted by Gasteiger charge is -2.41. The monoisotopic (exact) mass is 431 g/mol. The number of hydrogen-bond acceptors (Lipinski definition) is 8. The Morgan fingerprint density at radius 3 is 2.61 bits per heavy atom. The number of hydrogen-bond donors (Lipinski definition) is 0. The Labute approximate surface area is 179 Å². The average molecular weight is 431 g/mol. The topological polar surface area (TPSA) is 99.5 Å². The van der Waals surface area contributed by atoms with Crippen molar-refractivity contribution in [3.8, 4) is 11.5 Å². The standard InChI is InChI=1S/C21H25N3O7/c1-14(2)23-12-22(11-15-6-5-7-16(10-15)28-3)24-9-8-17(25)19(18(24)20(23)26)30-13-31-21(27)29-4/h5-10,14H,11-13H2,1-4H3. The highest BCUT2D eigenvalue weighted by Gasteiger charge is 2.34. The Hall–Kier alpha value is -3.69. The molecule has 1 aromatic carbocycles. The highest BCUT2D eigenvalue weighted by atomic mass is 16.8. The van der Waals surface area contributed by atoms with Crippen LogP contribution in [0.4, 0.5) is 4.79 Å². The van der Waals surface area contributed by atoms with Crippen LogP contribution in [0.2, 0.25) is 0 Å². The maximum atomic E-state index is 13.2. The Morgan fingerprint density at radius 1 is 1.16 bits per heavy atom. The number of rotatable bonds is 7. The number of aromatic nitrogens is 1. The van der Waals surface area contributed by atoms with E-state index in [1.54, 1.807) is 16.7 Å². The lowest BCUT2D eigenvalue weighted by atomic mass is 10.2. The predicted molar refractivity (Wildman–Crippen MR) is 111 cm³/mol. The van der Waals surface area contributed by atoms with Gasteiger partial charge in [-0.05, 0) is 31.5 Å². The van der Waals surface area contributed by atoms with Gasteiger partial charge in [-0.1, -0.05) is 12.1 Å². The molecule has 10 heteroatoms. The van der Waals surface area contributed by atoms with Gasteiger partial charge in [0, 0.05) is 18.3 Å². The van der Waals surface area contributed by atoms with Crippen molar-refractivity contribution in [1.29, 1.82) is 0 Å². The number of nitrogens with zero attached hydrogens (tertiary/aromatic N) is 3. The van der Waals surface area contributed by atoms with E-state index >= 15 is 0 Å². The van der Waals surface area contributed by atoms with E-state index in [1.165, 1.54) is 12.3 Å². The summed E-state index contributed by atoms with van der Waals surface area (Å²) in [4.78, 5) is 38.5. The number of carbonyl (C=O) groups is 2. The van der Waals surface area contributed by atoms with Crippen LogP contribution in [0.15, 0.2) is 41.3 Å². The molecule has 3 rings (SSSR count). The molecule has 1 aliphatic rings. The number of carbonyl (C=O) groups excluding carboxylic acids is 2. The molecule has 1 amide bonds. The van der Waals surface area contributed by atoms with Crippen molar-refractivity contribution in [2.75, 3.05) is 32.7 Å².